The van der Waals surface area contributed by atoms with Crippen molar-refractivity contribution in [3.63, 3.8) is 0 Å². The standard InChI is InChI=1S/C60H66N4O10/c1-65-31-33-67-35-37-69-39-41-71-43-45-73-53-29-17-15-27-51(53)59-61-57(49-23-11-5-12-24-49)58(50-25-13-6-14-26-50)64(59)60(62-55(47-19-7-3-8-20-47)56(63-60)48-21-9-4-10-22-48)52-28-16-18-30-54(52)74-46-44-72-42-40-70-38-36-68-34-32-66-2/h3-30H,31-46H2,1-2H3. The van der Waals surface area contributed by atoms with Crippen LogP contribution in [-0.2, 0) is 43.7 Å². The summed E-state index contributed by atoms with van der Waals surface area (Å²) in [5, 5.41) is 0. The molecule has 0 amide bonds. The van der Waals surface area contributed by atoms with Gasteiger partial charge in [-0.05, 0) is 24.3 Å². The highest BCUT2D eigenvalue weighted by atomic mass is 16.6. The average Bonchev–Trinajstić information content (AvgIpc) is 4.08. The van der Waals surface area contributed by atoms with E-state index in [1.165, 1.54) is 0 Å². The van der Waals surface area contributed by atoms with Gasteiger partial charge < -0.3 is 47.4 Å². The van der Waals surface area contributed by atoms with E-state index in [4.69, 9.17) is 62.3 Å². The van der Waals surface area contributed by atoms with Crippen LogP contribution in [0.25, 0.3) is 33.9 Å². The third-order valence-electron chi connectivity index (χ3n) is 11.8. The molecule has 74 heavy (non-hydrogen) atoms. The van der Waals surface area contributed by atoms with E-state index in [1.807, 2.05) is 121 Å². The van der Waals surface area contributed by atoms with Gasteiger partial charge in [0, 0.05) is 36.5 Å². The summed E-state index contributed by atoms with van der Waals surface area (Å²) in [6.45, 7) is 6.95. The first-order chi connectivity index (χ1) is 36.7. The summed E-state index contributed by atoms with van der Waals surface area (Å²) in [5.74, 6) is 0.220. The van der Waals surface area contributed by atoms with Crippen molar-refractivity contribution in [2.45, 2.75) is 5.79 Å². The van der Waals surface area contributed by atoms with Crippen molar-refractivity contribution in [1.82, 2.24) is 9.55 Å². The van der Waals surface area contributed by atoms with Crippen LogP contribution < -0.4 is 9.47 Å². The van der Waals surface area contributed by atoms with Crippen LogP contribution in [0.2, 0.25) is 0 Å². The van der Waals surface area contributed by atoms with Gasteiger partial charge in [0.1, 0.15) is 30.5 Å². The molecule has 0 spiro atoms. The number of hydrogen-bond acceptors (Lipinski definition) is 13. The van der Waals surface area contributed by atoms with Crippen molar-refractivity contribution in [3.8, 4) is 45.4 Å². The van der Waals surface area contributed by atoms with Gasteiger partial charge in [0.15, 0.2) is 0 Å². The molecule has 7 aromatic rings. The summed E-state index contributed by atoms with van der Waals surface area (Å²) >= 11 is 0. The van der Waals surface area contributed by atoms with Crippen LogP contribution in [0, 0.1) is 0 Å². The average molecular weight is 1000 g/mol. The largest absolute Gasteiger partial charge is 0.491 e. The van der Waals surface area contributed by atoms with Gasteiger partial charge in [-0.25, -0.2) is 15.0 Å². The van der Waals surface area contributed by atoms with E-state index in [0.29, 0.717) is 127 Å². The number of imidazole rings is 1. The Morgan fingerprint density at radius 3 is 1.20 bits per heavy atom. The van der Waals surface area contributed by atoms with Crippen molar-refractivity contribution >= 4 is 11.4 Å². The summed E-state index contributed by atoms with van der Waals surface area (Å²) in [6, 6.07) is 56.9. The first-order valence-corrected chi connectivity index (χ1v) is 25.2. The maximum Gasteiger partial charge on any atom is 0.265 e. The van der Waals surface area contributed by atoms with E-state index < -0.39 is 5.79 Å². The van der Waals surface area contributed by atoms with E-state index in [2.05, 4.69) is 53.1 Å². The predicted octanol–water partition coefficient (Wildman–Crippen LogP) is 9.68. The Morgan fingerprint density at radius 1 is 0.365 bits per heavy atom. The van der Waals surface area contributed by atoms with Crippen molar-refractivity contribution in [2.24, 2.45) is 9.98 Å². The number of methoxy groups -OCH3 is 2. The van der Waals surface area contributed by atoms with E-state index in [0.717, 1.165) is 39.2 Å². The number of aromatic nitrogens is 2. The third kappa shape index (κ3) is 14.3. The molecule has 0 saturated carbocycles. The second-order valence-electron chi connectivity index (χ2n) is 16.8. The van der Waals surface area contributed by atoms with Gasteiger partial charge >= 0.3 is 0 Å². The molecular weight excluding hydrogens is 937 g/mol. The molecule has 0 bridgehead atoms. The highest BCUT2D eigenvalue weighted by Crippen LogP contribution is 2.49. The van der Waals surface area contributed by atoms with Crippen molar-refractivity contribution in [2.75, 3.05) is 120 Å². The lowest BCUT2D eigenvalue weighted by Crippen LogP contribution is -2.32. The second-order valence-corrected chi connectivity index (χ2v) is 16.8. The van der Waals surface area contributed by atoms with Gasteiger partial charge in [-0.2, -0.15) is 0 Å². The molecule has 1 aromatic heterocycles. The fourth-order valence-electron chi connectivity index (χ4n) is 8.38. The quantitative estimate of drug-likeness (QED) is 0.0364. The number of aliphatic imine (C=N–C) groups is 2. The lowest BCUT2D eigenvalue weighted by Gasteiger charge is -2.31. The second kappa shape index (κ2) is 29.1. The van der Waals surface area contributed by atoms with Crippen molar-refractivity contribution in [3.05, 3.63) is 187 Å². The molecule has 0 N–H and O–H groups in total. The maximum absolute atomic E-state index is 6.77. The molecule has 386 valence electrons. The number of ether oxygens (including phenoxy) is 10. The van der Waals surface area contributed by atoms with Crippen LogP contribution in [-0.4, -0.2) is 141 Å². The zero-order valence-corrected chi connectivity index (χ0v) is 42.4. The molecule has 1 aliphatic heterocycles. The molecule has 0 aliphatic carbocycles. The molecule has 0 saturated heterocycles. The minimum absolute atomic E-state index is 0.253. The zero-order chi connectivity index (χ0) is 50.9. The Balaban J connectivity index is 1.21. The lowest BCUT2D eigenvalue weighted by atomic mass is 10.0. The molecule has 14 heteroatoms. The van der Waals surface area contributed by atoms with Crippen LogP contribution in [0.1, 0.15) is 16.7 Å². The zero-order valence-electron chi connectivity index (χ0n) is 42.4. The molecule has 6 aromatic carbocycles. The van der Waals surface area contributed by atoms with Crippen LogP contribution in [0.3, 0.4) is 0 Å². The Kier molecular flexibility index (Phi) is 21.0. The lowest BCUT2D eigenvalue weighted by molar-refractivity contribution is 0.0000869. The minimum atomic E-state index is -1.56. The first-order valence-electron chi connectivity index (χ1n) is 25.2. The highest BCUT2D eigenvalue weighted by molar-refractivity contribution is 6.54. The Labute approximate surface area is 434 Å². The predicted molar refractivity (Wildman–Crippen MR) is 288 cm³/mol. The fraction of sp³-hybridized carbons (Fsp3) is 0.317. The molecule has 8 rings (SSSR count). The molecular formula is C60H66N4O10. The number of benzene rings is 6. The van der Waals surface area contributed by atoms with Crippen molar-refractivity contribution in [1.29, 1.82) is 0 Å². The van der Waals surface area contributed by atoms with Crippen LogP contribution in [0.5, 0.6) is 11.5 Å². The summed E-state index contributed by atoms with van der Waals surface area (Å²) in [7, 11) is 3.30. The molecule has 1 aliphatic rings. The van der Waals surface area contributed by atoms with E-state index in [-0.39, 0.29) is 13.2 Å². The van der Waals surface area contributed by atoms with Gasteiger partial charge in [0.05, 0.1) is 126 Å². The highest BCUT2D eigenvalue weighted by Gasteiger charge is 2.47. The maximum atomic E-state index is 6.77. The van der Waals surface area contributed by atoms with Gasteiger partial charge in [0.25, 0.3) is 5.79 Å². The topological polar surface area (TPSA) is 135 Å². The summed E-state index contributed by atoms with van der Waals surface area (Å²) in [4.78, 5) is 17.5. The molecule has 14 nitrogen and oxygen atoms in total. The van der Waals surface area contributed by atoms with Gasteiger partial charge in [-0.1, -0.05) is 146 Å². The van der Waals surface area contributed by atoms with E-state index in [9.17, 15) is 0 Å². The fourth-order valence-corrected chi connectivity index (χ4v) is 8.38. The van der Waals surface area contributed by atoms with Crippen molar-refractivity contribution < 1.29 is 47.4 Å². The van der Waals surface area contributed by atoms with E-state index in [1.54, 1.807) is 14.2 Å². The first kappa shape index (κ1) is 53.4. The number of para-hydroxylation sites is 2. The monoisotopic (exact) mass is 1000 g/mol. The number of nitrogens with zero attached hydrogens (tertiary/aromatic N) is 4. The number of rotatable bonds is 33. The van der Waals surface area contributed by atoms with Gasteiger partial charge in [-0.3, -0.25) is 4.57 Å². The SMILES string of the molecule is COCCOCCOCCOCCOc1ccccc1-c1nc(-c2ccccc2)c(-c2ccccc2)n1C1(c2ccccc2OCCOCCOCCOCCOC)N=C(c2ccccc2)C(c2ccccc2)=N1. The van der Waals surface area contributed by atoms with Crippen LogP contribution >= 0.6 is 0 Å². The third-order valence-corrected chi connectivity index (χ3v) is 11.8. The molecule has 0 atom stereocenters. The normalized spacial score (nSPS) is 12.9. The Bertz CT molecular complexity index is 2740. The molecule has 2 heterocycles. The summed E-state index contributed by atoms with van der Waals surface area (Å²) in [5.41, 5.74) is 8.03. The minimum Gasteiger partial charge on any atom is -0.491 e. The molecule has 0 unspecified atom stereocenters. The molecule has 0 fully saturated rings. The number of hydrogen-bond donors (Lipinski definition) is 0. The molecule has 0 radical (unpaired) electrons. The Hall–Kier alpha value is -6.85. The summed E-state index contributed by atoms with van der Waals surface area (Å²) < 4.78 is 60.1. The smallest absolute Gasteiger partial charge is 0.265 e. The van der Waals surface area contributed by atoms with Crippen LogP contribution in [0.15, 0.2) is 180 Å². The Morgan fingerprint density at radius 2 is 0.730 bits per heavy atom. The van der Waals surface area contributed by atoms with Gasteiger partial charge in [0.2, 0.25) is 0 Å². The van der Waals surface area contributed by atoms with Crippen LogP contribution in [0.4, 0.5) is 0 Å². The summed E-state index contributed by atoms with van der Waals surface area (Å²) in [6.07, 6.45) is 0. The van der Waals surface area contributed by atoms with Gasteiger partial charge in [-0.15, -0.1) is 0 Å². The van der Waals surface area contributed by atoms with E-state index >= 15 is 0 Å².